The first kappa shape index (κ1) is 13.6. The number of rotatable bonds is 5. The highest BCUT2D eigenvalue weighted by Gasteiger charge is 2.15. The number of carbonyl (C=O) groups is 2. The van der Waals surface area contributed by atoms with E-state index in [9.17, 15) is 9.59 Å². The van der Waals surface area contributed by atoms with Crippen LogP contribution in [0.2, 0.25) is 0 Å². The van der Waals surface area contributed by atoms with Gasteiger partial charge >= 0.3 is 0 Å². The fourth-order valence-electron chi connectivity index (χ4n) is 1.53. The lowest BCUT2D eigenvalue weighted by Gasteiger charge is -2.06. The number of hydrogen-bond acceptors (Lipinski definition) is 4. The molecule has 0 saturated heterocycles. The topological polar surface area (TPSA) is 96.1 Å². The molecule has 0 saturated carbocycles. The zero-order valence-electron chi connectivity index (χ0n) is 10.8. The predicted octanol–water partition coefficient (Wildman–Crippen LogP) is 0.787. The summed E-state index contributed by atoms with van der Waals surface area (Å²) in [5.41, 5.74) is 0.437. The van der Waals surface area contributed by atoms with Crippen molar-refractivity contribution in [2.24, 2.45) is 0 Å². The third kappa shape index (κ3) is 3.35. The smallest absolute Gasteiger partial charge is 0.273 e. The van der Waals surface area contributed by atoms with Crippen LogP contribution in [0.25, 0.3) is 0 Å². The maximum absolute atomic E-state index is 11.7. The summed E-state index contributed by atoms with van der Waals surface area (Å²) < 4.78 is 5.30. The molecule has 7 nitrogen and oxygen atoms in total. The van der Waals surface area contributed by atoms with Crippen molar-refractivity contribution in [1.29, 1.82) is 0 Å². The summed E-state index contributed by atoms with van der Waals surface area (Å²) >= 11 is 0. The van der Waals surface area contributed by atoms with Gasteiger partial charge in [-0.25, -0.2) is 0 Å². The fourth-order valence-corrected chi connectivity index (χ4v) is 1.53. The van der Waals surface area contributed by atoms with E-state index in [4.69, 9.17) is 4.74 Å². The number of benzene rings is 1. The normalized spacial score (nSPS) is 9.85. The summed E-state index contributed by atoms with van der Waals surface area (Å²) in [5.74, 6) is -0.160. The van der Waals surface area contributed by atoms with E-state index in [1.165, 1.54) is 13.2 Å². The van der Waals surface area contributed by atoms with Crippen LogP contribution in [0.15, 0.2) is 36.5 Å². The Morgan fingerprint density at radius 1 is 1.30 bits per heavy atom. The molecule has 0 atom stereocenters. The Hall–Kier alpha value is -2.83. The van der Waals surface area contributed by atoms with Crippen LogP contribution < -0.4 is 15.4 Å². The molecular formula is C13H14N4O3. The van der Waals surface area contributed by atoms with Gasteiger partial charge in [0.05, 0.1) is 5.69 Å². The summed E-state index contributed by atoms with van der Waals surface area (Å²) in [6.45, 7) is -0.150. The summed E-state index contributed by atoms with van der Waals surface area (Å²) in [6, 6.07) is 8.98. The van der Waals surface area contributed by atoms with Crippen LogP contribution in [0.4, 0.5) is 5.69 Å². The van der Waals surface area contributed by atoms with Crippen LogP contribution >= 0.6 is 0 Å². The number of hydrogen-bond donors (Lipinski definition) is 3. The van der Waals surface area contributed by atoms with E-state index in [0.29, 0.717) is 11.4 Å². The Labute approximate surface area is 115 Å². The first-order valence-corrected chi connectivity index (χ1v) is 5.94. The minimum absolute atomic E-state index is 0.126. The fraction of sp³-hybridized carbons (Fsp3) is 0.154. The summed E-state index contributed by atoms with van der Waals surface area (Å²) in [6.07, 6.45) is 1.44. The van der Waals surface area contributed by atoms with E-state index in [-0.39, 0.29) is 24.1 Å². The highest BCUT2D eigenvalue weighted by Crippen LogP contribution is 2.12. The van der Waals surface area contributed by atoms with Gasteiger partial charge in [-0.3, -0.25) is 14.7 Å². The molecule has 0 unspecified atom stereocenters. The molecule has 0 aliphatic heterocycles. The van der Waals surface area contributed by atoms with Crippen molar-refractivity contribution in [1.82, 2.24) is 15.5 Å². The van der Waals surface area contributed by atoms with E-state index in [0.717, 1.165) is 0 Å². The van der Waals surface area contributed by atoms with E-state index < -0.39 is 0 Å². The third-order valence-electron chi connectivity index (χ3n) is 2.47. The molecule has 0 bridgehead atoms. The number of H-pyrrole nitrogens is 1. The molecule has 3 N–H and O–H groups in total. The molecule has 104 valence electrons. The van der Waals surface area contributed by atoms with Crippen molar-refractivity contribution >= 4 is 17.5 Å². The van der Waals surface area contributed by atoms with Gasteiger partial charge in [0, 0.05) is 13.2 Å². The van der Waals surface area contributed by atoms with Gasteiger partial charge in [-0.1, -0.05) is 18.2 Å². The number of para-hydroxylation sites is 1. The second-order valence-corrected chi connectivity index (χ2v) is 3.88. The van der Waals surface area contributed by atoms with Gasteiger partial charge in [-0.2, -0.15) is 5.10 Å². The van der Waals surface area contributed by atoms with Crippen LogP contribution in [0.1, 0.15) is 10.5 Å². The Morgan fingerprint density at radius 3 is 2.75 bits per heavy atom. The third-order valence-corrected chi connectivity index (χ3v) is 2.47. The van der Waals surface area contributed by atoms with Gasteiger partial charge < -0.3 is 15.4 Å². The molecule has 1 aromatic heterocycles. The van der Waals surface area contributed by atoms with Crippen molar-refractivity contribution < 1.29 is 14.3 Å². The highest BCUT2D eigenvalue weighted by atomic mass is 16.5. The molecular weight excluding hydrogens is 260 g/mol. The molecule has 0 aliphatic carbocycles. The maximum atomic E-state index is 11.7. The number of amides is 2. The van der Waals surface area contributed by atoms with Gasteiger partial charge in [-0.15, -0.1) is 0 Å². The van der Waals surface area contributed by atoms with Crippen LogP contribution in [0.5, 0.6) is 5.75 Å². The minimum atomic E-state index is -0.384. The maximum Gasteiger partial charge on any atom is 0.273 e. The molecule has 1 aromatic carbocycles. The largest absolute Gasteiger partial charge is 0.484 e. The molecule has 20 heavy (non-hydrogen) atoms. The van der Waals surface area contributed by atoms with Crippen molar-refractivity contribution in [2.45, 2.75) is 0 Å². The second kappa shape index (κ2) is 6.37. The Kier molecular flexibility index (Phi) is 4.33. The van der Waals surface area contributed by atoms with E-state index >= 15 is 0 Å². The van der Waals surface area contributed by atoms with Gasteiger partial charge in [0.1, 0.15) is 5.75 Å². The molecule has 0 spiro atoms. The van der Waals surface area contributed by atoms with Gasteiger partial charge in [0.2, 0.25) is 0 Å². The number of anilines is 1. The number of carbonyl (C=O) groups excluding carboxylic acids is 2. The Morgan fingerprint density at radius 2 is 2.05 bits per heavy atom. The second-order valence-electron chi connectivity index (χ2n) is 3.88. The molecule has 0 fully saturated rings. The van der Waals surface area contributed by atoms with Crippen molar-refractivity contribution in [2.75, 3.05) is 19.0 Å². The lowest BCUT2D eigenvalue weighted by atomic mass is 10.3. The Balaban J connectivity index is 1.92. The Bertz CT molecular complexity index is 595. The molecule has 1 heterocycles. The van der Waals surface area contributed by atoms with E-state index in [1.807, 2.05) is 18.2 Å². The highest BCUT2D eigenvalue weighted by molar-refractivity contribution is 6.02. The average Bonchev–Trinajstić information content (AvgIpc) is 2.93. The van der Waals surface area contributed by atoms with Crippen LogP contribution in [-0.4, -0.2) is 35.7 Å². The van der Waals surface area contributed by atoms with Gasteiger partial charge in [0.15, 0.2) is 12.3 Å². The van der Waals surface area contributed by atoms with Crippen LogP contribution in [0, 0.1) is 0 Å². The molecule has 2 rings (SSSR count). The zero-order valence-corrected chi connectivity index (χ0v) is 10.8. The number of aromatic amines is 1. The van der Waals surface area contributed by atoms with E-state index in [2.05, 4.69) is 20.8 Å². The number of nitrogens with one attached hydrogen (secondary N) is 3. The van der Waals surface area contributed by atoms with Gasteiger partial charge in [0.25, 0.3) is 11.8 Å². The molecule has 2 aromatic rings. The average molecular weight is 274 g/mol. The molecule has 0 radical (unpaired) electrons. The lowest BCUT2D eigenvalue weighted by molar-refractivity contribution is -0.118. The zero-order chi connectivity index (χ0) is 14.4. The SMILES string of the molecule is CNC(=O)c1n[nH]cc1NC(=O)COc1ccccc1. The molecule has 0 aliphatic rings. The van der Waals surface area contributed by atoms with E-state index in [1.54, 1.807) is 12.1 Å². The first-order valence-electron chi connectivity index (χ1n) is 5.94. The summed E-state index contributed by atoms with van der Waals surface area (Å²) in [4.78, 5) is 23.2. The van der Waals surface area contributed by atoms with Crippen LogP contribution in [0.3, 0.4) is 0 Å². The predicted molar refractivity (Wildman–Crippen MR) is 72.5 cm³/mol. The first-order chi connectivity index (χ1) is 9.70. The van der Waals surface area contributed by atoms with Gasteiger partial charge in [-0.05, 0) is 12.1 Å². The quantitative estimate of drug-likeness (QED) is 0.751. The number of aromatic nitrogens is 2. The van der Waals surface area contributed by atoms with Crippen molar-refractivity contribution in [3.63, 3.8) is 0 Å². The standard InChI is InChI=1S/C13H14N4O3/c1-14-13(19)12-10(7-15-17-12)16-11(18)8-20-9-5-3-2-4-6-9/h2-7H,8H2,1H3,(H,14,19)(H,15,17)(H,16,18). The lowest BCUT2D eigenvalue weighted by Crippen LogP contribution is -2.24. The summed E-state index contributed by atoms with van der Waals surface area (Å²) in [7, 11) is 1.49. The molecule has 7 heteroatoms. The minimum Gasteiger partial charge on any atom is -0.484 e. The van der Waals surface area contributed by atoms with Crippen molar-refractivity contribution in [3.8, 4) is 5.75 Å². The molecule has 2 amide bonds. The van der Waals surface area contributed by atoms with Crippen LogP contribution in [-0.2, 0) is 4.79 Å². The summed E-state index contributed by atoms with van der Waals surface area (Å²) in [5, 5.41) is 11.3. The monoisotopic (exact) mass is 274 g/mol. The number of nitrogens with zero attached hydrogens (tertiary/aromatic N) is 1. The number of ether oxygens (including phenoxy) is 1. The van der Waals surface area contributed by atoms with Crippen molar-refractivity contribution in [3.05, 3.63) is 42.2 Å².